The summed E-state index contributed by atoms with van der Waals surface area (Å²) in [7, 11) is 1.29. The highest BCUT2D eigenvalue weighted by atomic mass is 32.1. The largest absolute Gasteiger partial charge is 0.398 e. The van der Waals surface area contributed by atoms with Crippen LogP contribution in [0.3, 0.4) is 0 Å². The van der Waals surface area contributed by atoms with E-state index in [0.717, 1.165) is 11.3 Å². The molecule has 0 aliphatic rings. The number of thiazole rings is 1. The summed E-state index contributed by atoms with van der Waals surface area (Å²) in [4.78, 5) is 29.4. The fraction of sp³-hybridized carbons (Fsp3) is 0.143. The molecule has 7 nitrogen and oxygen atoms in total. The van der Waals surface area contributed by atoms with E-state index < -0.39 is 5.91 Å². The number of amides is 2. The lowest BCUT2D eigenvalue weighted by molar-refractivity contribution is -0.112. The van der Waals surface area contributed by atoms with E-state index in [4.69, 9.17) is 5.73 Å². The average Bonchev–Trinajstić information content (AvgIpc) is 2.62. The first-order valence-corrected chi connectivity index (χ1v) is 4.64. The first-order chi connectivity index (χ1) is 7.19. The minimum atomic E-state index is -0.750. The zero-order chi connectivity index (χ0) is 11.3. The second-order valence-electron chi connectivity index (χ2n) is 2.29. The van der Waals surface area contributed by atoms with Crippen LogP contribution in [0.2, 0.25) is 0 Å². The number of hydrogen-bond donors (Lipinski definition) is 2. The van der Waals surface area contributed by atoms with E-state index >= 15 is 0 Å². The van der Waals surface area contributed by atoms with Crippen molar-refractivity contribution in [2.24, 2.45) is 10.9 Å². The third-order valence-electron chi connectivity index (χ3n) is 1.35. The number of aromatic nitrogens is 1. The summed E-state index contributed by atoms with van der Waals surface area (Å²) in [6, 6.07) is 0. The SMILES string of the molecule is CON=C(C(N)=O)c1csc(NC=O)n1. The number of carbonyl (C=O) groups excluding carboxylic acids is 2. The normalized spacial score (nSPS) is 10.9. The van der Waals surface area contributed by atoms with Gasteiger partial charge in [0.05, 0.1) is 0 Å². The van der Waals surface area contributed by atoms with Crippen LogP contribution in [-0.4, -0.2) is 30.1 Å². The van der Waals surface area contributed by atoms with Gasteiger partial charge in [-0.25, -0.2) is 4.98 Å². The third-order valence-corrected chi connectivity index (χ3v) is 2.12. The topological polar surface area (TPSA) is 107 Å². The maximum absolute atomic E-state index is 10.9. The molecule has 3 N–H and O–H groups in total. The third kappa shape index (κ3) is 2.74. The maximum atomic E-state index is 10.9. The second kappa shape index (κ2) is 5.05. The number of nitrogens with two attached hydrogens (primary N) is 1. The lowest BCUT2D eigenvalue weighted by atomic mass is 10.3. The highest BCUT2D eigenvalue weighted by Crippen LogP contribution is 2.15. The Kier molecular flexibility index (Phi) is 3.75. The number of nitrogens with zero attached hydrogens (tertiary/aromatic N) is 2. The van der Waals surface area contributed by atoms with Crippen LogP contribution >= 0.6 is 11.3 Å². The van der Waals surface area contributed by atoms with Crippen LogP contribution in [0.15, 0.2) is 10.5 Å². The molecule has 0 radical (unpaired) electrons. The number of hydrogen-bond acceptors (Lipinski definition) is 6. The molecule has 0 saturated carbocycles. The number of rotatable bonds is 5. The van der Waals surface area contributed by atoms with E-state index in [2.05, 4.69) is 20.3 Å². The summed E-state index contributed by atoms with van der Waals surface area (Å²) >= 11 is 1.15. The quantitative estimate of drug-likeness (QED) is 0.404. The van der Waals surface area contributed by atoms with Gasteiger partial charge in [-0.2, -0.15) is 0 Å². The Balaban J connectivity index is 2.97. The number of carbonyl (C=O) groups is 2. The summed E-state index contributed by atoms with van der Waals surface area (Å²) in [6.45, 7) is 0. The summed E-state index contributed by atoms with van der Waals surface area (Å²) in [5.74, 6) is -0.750. The average molecular weight is 228 g/mol. The van der Waals surface area contributed by atoms with Crippen molar-refractivity contribution in [2.75, 3.05) is 12.4 Å². The highest BCUT2D eigenvalue weighted by Gasteiger charge is 2.15. The summed E-state index contributed by atoms with van der Waals surface area (Å²) in [5, 5.41) is 7.67. The zero-order valence-electron chi connectivity index (χ0n) is 7.76. The summed E-state index contributed by atoms with van der Waals surface area (Å²) < 4.78 is 0. The summed E-state index contributed by atoms with van der Waals surface area (Å²) in [5.41, 5.74) is 5.24. The van der Waals surface area contributed by atoms with Crippen molar-refractivity contribution < 1.29 is 14.4 Å². The van der Waals surface area contributed by atoms with E-state index in [0.29, 0.717) is 11.5 Å². The van der Waals surface area contributed by atoms with E-state index in [9.17, 15) is 9.59 Å². The minimum absolute atomic E-state index is 0.0901. The van der Waals surface area contributed by atoms with Crippen LogP contribution in [0.1, 0.15) is 5.69 Å². The van der Waals surface area contributed by atoms with Crippen LogP contribution in [0.25, 0.3) is 0 Å². The Morgan fingerprint density at radius 1 is 1.80 bits per heavy atom. The molecule has 1 rings (SSSR count). The molecule has 0 spiro atoms. The monoisotopic (exact) mass is 228 g/mol. The van der Waals surface area contributed by atoms with Crippen molar-refractivity contribution in [3.05, 3.63) is 11.1 Å². The molecule has 8 heteroatoms. The van der Waals surface area contributed by atoms with E-state index in [-0.39, 0.29) is 11.4 Å². The predicted octanol–water partition coefficient (Wildman–Crippen LogP) is -0.453. The molecule has 1 aromatic rings. The number of nitrogens with one attached hydrogen (secondary N) is 1. The molecule has 1 aromatic heterocycles. The Morgan fingerprint density at radius 3 is 3.07 bits per heavy atom. The molecule has 0 bridgehead atoms. The van der Waals surface area contributed by atoms with Gasteiger partial charge < -0.3 is 15.9 Å². The number of oxime groups is 1. The van der Waals surface area contributed by atoms with Crippen molar-refractivity contribution in [3.63, 3.8) is 0 Å². The molecule has 0 unspecified atom stereocenters. The number of anilines is 1. The van der Waals surface area contributed by atoms with Gasteiger partial charge in [-0.15, -0.1) is 11.3 Å². The van der Waals surface area contributed by atoms with Crippen molar-refractivity contribution >= 4 is 34.5 Å². The predicted molar refractivity (Wildman–Crippen MR) is 54.5 cm³/mol. The molecular weight excluding hydrogens is 220 g/mol. The second-order valence-corrected chi connectivity index (χ2v) is 3.14. The molecule has 0 saturated heterocycles. The fourth-order valence-electron chi connectivity index (χ4n) is 0.808. The van der Waals surface area contributed by atoms with Crippen molar-refractivity contribution in [2.45, 2.75) is 0 Å². The minimum Gasteiger partial charge on any atom is -0.398 e. The number of primary amides is 1. The molecule has 0 aliphatic heterocycles. The Labute approximate surface area is 88.9 Å². The van der Waals surface area contributed by atoms with Crippen molar-refractivity contribution in [3.8, 4) is 0 Å². The summed E-state index contributed by atoms with van der Waals surface area (Å²) in [6.07, 6.45) is 0.486. The Bertz CT molecular complexity index is 401. The molecule has 2 amide bonds. The molecule has 0 aromatic carbocycles. The lowest BCUT2D eigenvalue weighted by Crippen LogP contribution is -2.24. The van der Waals surface area contributed by atoms with E-state index in [1.54, 1.807) is 0 Å². The van der Waals surface area contributed by atoms with Crippen LogP contribution in [0.5, 0.6) is 0 Å². The fourth-order valence-corrected chi connectivity index (χ4v) is 1.46. The van der Waals surface area contributed by atoms with Crippen molar-refractivity contribution in [1.29, 1.82) is 0 Å². The van der Waals surface area contributed by atoms with Gasteiger partial charge in [-0.1, -0.05) is 5.16 Å². The van der Waals surface area contributed by atoms with Crippen LogP contribution < -0.4 is 11.1 Å². The van der Waals surface area contributed by atoms with Crippen molar-refractivity contribution in [1.82, 2.24) is 4.98 Å². The maximum Gasteiger partial charge on any atom is 0.273 e. The van der Waals surface area contributed by atoms with E-state index in [1.165, 1.54) is 12.5 Å². The van der Waals surface area contributed by atoms with Gasteiger partial charge in [0.15, 0.2) is 10.8 Å². The standard InChI is InChI=1S/C7H8N4O3S/c1-14-11-5(6(8)13)4-2-15-7(10-4)9-3-12/h2-3H,1H3,(H2,8,13)(H,9,10,12). The smallest absolute Gasteiger partial charge is 0.273 e. The van der Waals surface area contributed by atoms with Gasteiger partial charge >= 0.3 is 0 Å². The van der Waals surface area contributed by atoms with Gasteiger partial charge in [0.1, 0.15) is 12.8 Å². The first kappa shape index (κ1) is 11.1. The van der Waals surface area contributed by atoms with Gasteiger partial charge in [-0.05, 0) is 0 Å². The Morgan fingerprint density at radius 2 is 2.53 bits per heavy atom. The van der Waals surface area contributed by atoms with Crippen LogP contribution in [0, 0.1) is 0 Å². The van der Waals surface area contributed by atoms with Gasteiger partial charge in [0.25, 0.3) is 5.91 Å². The van der Waals surface area contributed by atoms with Gasteiger partial charge in [0, 0.05) is 5.38 Å². The molecular formula is C7H8N4O3S. The molecule has 0 fully saturated rings. The van der Waals surface area contributed by atoms with Gasteiger partial charge in [0.2, 0.25) is 6.41 Å². The lowest BCUT2D eigenvalue weighted by Gasteiger charge is -1.95. The molecule has 0 atom stereocenters. The molecule has 0 aliphatic carbocycles. The van der Waals surface area contributed by atoms with Crippen LogP contribution in [-0.2, 0) is 14.4 Å². The first-order valence-electron chi connectivity index (χ1n) is 3.76. The molecule has 15 heavy (non-hydrogen) atoms. The van der Waals surface area contributed by atoms with E-state index in [1.807, 2.05) is 0 Å². The zero-order valence-corrected chi connectivity index (χ0v) is 8.58. The molecule has 80 valence electrons. The van der Waals surface area contributed by atoms with Gasteiger partial charge in [-0.3, -0.25) is 9.59 Å². The molecule has 1 heterocycles. The Hall–Kier alpha value is -1.96. The highest BCUT2D eigenvalue weighted by molar-refractivity contribution is 7.14. The van der Waals surface area contributed by atoms with Crippen LogP contribution in [0.4, 0.5) is 5.13 Å².